The third-order valence-electron chi connectivity index (χ3n) is 2.43. The number of benzene rings is 1. The van der Waals surface area contributed by atoms with E-state index in [-0.39, 0.29) is 0 Å². The predicted molar refractivity (Wildman–Crippen MR) is 67.0 cm³/mol. The summed E-state index contributed by atoms with van der Waals surface area (Å²) in [5, 5.41) is 10.7. The molecule has 0 saturated carbocycles. The average molecular weight is 254 g/mol. The Morgan fingerprint density at radius 1 is 1.38 bits per heavy atom. The maximum atomic E-state index is 10.1. The Hall–Kier alpha value is -0.900. The van der Waals surface area contributed by atoms with Gasteiger partial charge in [-0.1, -0.05) is 42.8 Å². The quantitative estimate of drug-likeness (QED) is 0.909. The fraction of sp³-hybridized carbons (Fsp3) is 0.250. The number of hydrogen-bond acceptors (Lipinski definition) is 3. The van der Waals surface area contributed by atoms with E-state index in [4.69, 9.17) is 11.6 Å². The molecule has 1 aromatic heterocycles. The Kier molecular flexibility index (Phi) is 3.59. The van der Waals surface area contributed by atoms with Crippen molar-refractivity contribution in [1.29, 1.82) is 0 Å². The van der Waals surface area contributed by atoms with Crippen LogP contribution in [0.15, 0.2) is 30.5 Å². The minimum Gasteiger partial charge on any atom is -0.381 e. The molecule has 4 heteroatoms. The minimum atomic E-state index is -0.677. The monoisotopic (exact) mass is 253 g/mol. The van der Waals surface area contributed by atoms with Crippen molar-refractivity contribution in [3.8, 4) is 0 Å². The van der Waals surface area contributed by atoms with Gasteiger partial charge in [-0.15, -0.1) is 11.3 Å². The van der Waals surface area contributed by atoms with Crippen LogP contribution >= 0.6 is 22.9 Å². The van der Waals surface area contributed by atoms with Gasteiger partial charge in [0.15, 0.2) is 0 Å². The Balaban J connectivity index is 2.23. The summed E-state index contributed by atoms with van der Waals surface area (Å²) in [4.78, 5) is 4.07. The largest absolute Gasteiger partial charge is 0.381 e. The van der Waals surface area contributed by atoms with Crippen LogP contribution in [0, 0.1) is 0 Å². The molecule has 1 atom stereocenters. The van der Waals surface area contributed by atoms with Gasteiger partial charge in [-0.25, -0.2) is 4.98 Å². The number of rotatable bonds is 3. The molecule has 1 heterocycles. The number of thiazole rings is 1. The molecule has 0 fully saturated rings. The van der Waals surface area contributed by atoms with Gasteiger partial charge in [0.25, 0.3) is 0 Å². The zero-order chi connectivity index (χ0) is 11.5. The van der Waals surface area contributed by atoms with E-state index in [1.807, 2.05) is 24.3 Å². The van der Waals surface area contributed by atoms with Crippen LogP contribution in [0.1, 0.15) is 29.2 Å². The number of nitrogens with zero attached hydrogens (tertiary/aromatic N) is 1. The van der Waals surface area contributed by atoms with Crippen LogP contribution < -0.4 is 0 Å². The van der Waals surface area contributed by atoms with Gasteiger partial charge in [0.1, 0.15) is 15.4 Å². The van der Waals surface area contributed by atoms with Crippen LogP contribution in [0.25, 0.3) is 0 Å². The number of aromatic nitrogens is 1. The van der Waals surface area contributed by atoms with E-state index in [1.165, 1.54) is 16.9 Å². The second-order valence-electron chi connectivity index (χ2n) is 3.50. The molecule has 1 N–H and O–H groups in total. The summed E-state index contributed by atoms with van der Waals surface area (Å²) in [5.41, 5.74) is 2.11. The van der Waals surface area contributed by atoms with Gasteiger partial charge >= 0.3 is 0 Å². The highest BCUT2D eigenvalue weighted by Crippen LogP contribution is 2.28. The van der Waals surface area contributed by atoms with Crippen molar-refractivity contribution in [2.45, 2.75) is 19.4 Å². The summed E-state index contributed by atoms with van der Waals surface area (Å²) in [6.45, 7) is 2.10. The molecule has 0 saturated heterocycles. The fourth-order valence-electron chi connectivity index (χ4n) is 1.47. The molecule has 0 amide bonds. The summed E-state index contributed by atoms with van der Waals surface area (Å²) in [6.07, 6.45) is 1.88. The first-order valence-corrected chi connectivity index (χ1v) is 6.28. The summed E-state index contributed by atoms with van der Waals surface area (Å²) >= 11 is 7.09. The molecular weight excluding hydrogens is 242 g/mol. The molecule has 84 valence electrons. The molecule has 0 radical (unpaired) electrons. The van der Waals surface area contributed by atoms with Crippen molar-refractivity contribution < 1.29 is 5.11 Å². The second-order valence-corrected chi connectivity index (χ2v) is 5.19. The lowest BCUT2D eigenvalue weighted by atomic mass is 10.1. The lowest BCUT2D eigenvalue weighted by Gasteiger charge is -2.08. The van der Waals surface area contributed by atoms with Gasteiger partial charge < -0.3 is 5.11 Å². The van der Waals surface area contributed by atoms with Crippen molar-refractivity contribution in [2.75, 3.05) is 0 Å². The van der Waals surface area contributed by atoms with Gasteiger partial charge in [-0.05, 0) is 17.5 Å². The van der Waals surface area contributed by atoms with Crippen molar-refractivity contribution in [1.82, 2.24) is 4.98 Å². The van der Waals surface area contributed by atoms with Crippen molar-refractivity contribution in [2.24, 2.45) is 0 Å². The van der Waals surface area contributed by atoms with Crippen LogP contribution in [0.2, 0.25) is 4.34 Å². The Morgan fingerprint density at radius 2 is 2.06 bits per heavy atom. The van der Waals surface area contributed by atoms with Gasteiger partial charge in [0.2, 0.25) is 0 Å². The second kappa shape index (κ2) is 4.95. The molecule has 16 heavy (non-hydrogen) atoms. The highest BCUT2D eigenvalue weighted by atomic mass is 35.5. The summed E-state index contributed by atoms with van der Waals surface area (Å²) < 4.78 is 0.597. The normalized spacial score (nSPS) is 12.7. The molecule has 2 aromatic rings. The van der Waals surface area contributed by atoms with Gasteiger partial charge in [-0.2, -0.15) is 0 Å². The van der Waals surface area contributed by atoms with E-state index < -0.39 is 6.10 Å². The van der Waals surface area contributed by atoms with E-state index in [0.717, 1.165) is 12.0 Å². The molecule has 2 nitrogen and oxygen atoms in total. The molecule has 0 aliphatic rings. The lowest BCUT2D eigenvalue weighted by molar-refractivity contribution is 0.220. The van der Waals surface area contributed by atoms with Crippen molar-refractivity contribution in [3.63, 3.8) is 0 Å². The highest BCUT2D eigenvalue weighted by Gasteiger charge is 2.13. The molecule has 1 unspecified atom stereocenters. The van der Waals surface area contributed by atoms with E-state index in [9.17, 15) is 5.11 Å². The van der Waals surface area contributed by atoms with Gasteiger partial charge in [-0.3, -0.25) is 0 Å². The van der Waals surface area contributed by atoms with Crippen molar-refractivity contribution in [3.05, 3.63) is 50.9 Å². The zero-order valence-electron chi connectivity index (χ0n) is 8.85. The van der Waals surface area contributed by atoms with E-state index >= 15 is 0 Å². The maximum absolute atomic E-state index is 10.1. The van der Waals surface area contributed by atoms with E-state index in [2.05, 4.69) is 11.9 Å². The third kappa shape index (κ3) is 2.43. The number of aryl methyl sites for hydroxylation is 1. The molecule has 0 aliphatic heterocycles. The summed E-state index contributed by atoms with van der Waals surface area (Å²) in [5.74, 6) is 0. The minimum absolute atomic E-state index is 0.597. The van der Waals surface area contributed by atoms with E-state index in [0.29, 0.717) is 9.34 Å². The first-order chi connectivity index (χ1) is 7.70. The third-order valence-corrected chi connectivity index (χ3v) is 3.60. The Morgan fingerprint density at radius 3 is 2.56 bits per heavy atom. The topological polar surface area (TPSA) is 33.1 Å². The summed E-state index contributed by atoms with van der Waals surface area (Å²) in [6, 6.07) is 7.90. The molecule has 2 rings (SSSR count). The number of aliphatic hydroxyl groups excluding tert-OH is 1. The van der Waals surface area contributed by atoms with Crippen LogP contribution in [0.5, 0.6) is 0 Å². The number of aliphatic hydroxyl groups is 1. The van der Waals surface area contributed by atoms with Crippen LogP contribution in [-0.2, 0) is 6.42 Å². The Labute approximate surface area is 104 Å². The zero-order valence-corrected chi connectivity index (χ0v) is 10.4. The SMILES string of the molecule is CCc1ccc(C(O)c2ncc(Cl)s2)cc1. The smallest absolute Gasteiger partial charge is 0.131 e. The molecule has 0 bridgehead atoms. The van der Waals surface area contributed by atoms with Crippen molar-refractivity contribution >= 4 is 22.9 Å². The van der Waals surface area contributed by atoms with E-state index in [1.54, 1.807) is 6.20 Å². The van der Waals surface area contributed by atoms with Crippen LogP contribution in [0.3, 0.4) is 0 Å². The van der Waals surface area contributed by atoms with Crippen LogP contribution in [-0.4, -0.2) is 10.1 Å². The highest BCUT2D eigenvalue weighted by molar-refractivity contribution is 7.15. The van der Waals surface area contributed by atoms with Gasteiger partial charge in [0.05, 0.1) is 6.20 Å². The molecule has 1 aromatic carbocycles. The maximum Gasteiger partial charge on any atom is 0.131 e. The first kappa shape index (κ1) is 11.6. The number of halogens is 1. The fourth-order valence-corrected chi connectivity index (χ4v) is 2.42. The first-order valence-electron chi connectivity index (χ1n) is 5.09. The Bertz CT molecular complexity index is 466. The number of hydrogen-bond donors (Lipinski definition) is 1. The predicted octanol–water partition coefficient (Wildman–Crippen LogP) is 3.44. The molecule has 0 spiro atoms. The van der Waals surface area contributed by atoms with Crippen LogP contribution in [0.4, 0.5) is 0 Å². The standard InChI is InChI=1S/C12H12ClNOS/c1-2-8-3-5-9(6-4-8)11(15)12-14-7-10(13)16-12/h3-7,11,15H,2H2,1H3. The average Bonchev–Trinajstić information content (AvgIpc) is 2.75. The summed E-state index contributed by atoms with van der Waals surface area (Å²) in [7, 11) is 0. The molecule has 0 aliphatic carbocycles. The lowest BCUT2D eigenvalue weighted by Crippen LogP contribution is -1.98. The van der Waals surface area contributed by atoms with Gasteiger partial charge in [0, 0.05) is 0 Å². The molecular formula is C12H12ClNOS.